The van der Waals surface area contributed by atoms with Gasteiger partial charge in [-0.1, -0.05) is 11.6 Å². The third-order valence-electron chi connectivity index (χ3n) is 4.04. The molecule has 0 saturated carbocycles. The molecule has 0 saturated heterocycles. The summed E-state index contributed by atoms with van der Waals surface area (Å²) >= 11 is 5.72. The van der Waals surface area contributed by atoms with Crippen LogP contribution in [0.15, 0.2) is 41.3 Å². The van der Waals surface area contributed by atoms with Crippen molar-refractivity contribution in [2.75, 3.05) is 6.54 Å². The Bertz CT molecular complexity index is 1080. The van der Waals surface area contributed by atoms with Gasteiger partial charge in [0.25, 0.3) is 15.9 Å². The molecule has 0 unspecified atom stereocenters. The van der Waals surface area contributed by atoms with E-state index in [-0.39, 0.29) is 31.1 Å². The molecule has 0 aliphatic carbocycles. The van der Waals surface area contributed by atoms with Gasteiger partial charge in [-0.05, 0) is 49.2 Å². The predicted octanol–water partition coefficient (Wildman–Crippen LogP) is 1.91. The summed E-state index contributed by atoms with van der Waals surface area (Å²) in [7, 11) is -5.03. The highest BCUT2D eigenvalue weighted by atomic mass is 35.5. The summed E-state index contributed by atoms with van der Waals surface area (Å²) in [6.45, 7) is 0.181. The fourth-order valence-electron chi connectivity index (χ4n) is 2.43. The van der Waals surface area contributed by atoms with Crippen molar-refractivity contribution < 1.29 is 31.9 Å². The SMILES string of the molecule is N=C(N)NCCC[C@@H](N)C(=O)N(O)S(=O)(=O)c1cc(F)c(Oc2ccc(Cl)cc2)c(F)c1. The van der Waals surface area contributed by atoms with Crippen molar-refractivity contribution in [3.63, 3.8) is 0 Å². The van der Waals surface area contributed by atoms with Crippen LogP contribution in [0.3, 0.4) is 0 Å². The summed E-state index contributed by atoms with van der Waals surface area (Å²) in [5.74, 6) is -5.35. The largest absolute Gasteiger partial charge is 0.451 e. The topological polar surface area (TPSA) is 172 Å². The number of guanidine groups is 1. The Balaban J connectivity index is 2.17. The second kappa shape index (κ2) is 10.5. The monoisotopic (exact) mass is 491 g/mol. The first-order chi connectivity index (χ1) is 14.9. The number of hydrogen-bond acceptors (Lipinski definition) is 7. The summed E-state index contributed by atoms with van der Waals surface area (Å²) in [6, 6.07) is 4.86. The van der Waals surface area contributed by atoms with Gasteiger partial charge in [-0.25, -0.2) is 8.78 Å². The van der Waals surface area contributed by atoms with Crippen LogP contribution in [0.25, 0.3) is 0 Å². The molecular weight excluding hydrogens is 472 g/mol. The minimum atomic E-state index is -5.03. The Labute approximate surface area is 187 Å². The van der Waals surface area contributed by atoms with E-state index in [0.717, 1.165) is 0 Å². The van der Waals surface area contributed by atoms with Crippen molar-refractivity contribution in [1.29, 1.82) is 5.41 Å². The number of sulfonamides is 1. The number of hydrogen-bond donors (Lipinski definition) is 5. The fourth-order valence-corrected chi connectivity index (χ4v) is 3.63. The third kappa shape index (κ3) is 6.26. The van der Waals surface area contributed by atoms with Crippen LogP contribution in [-0.2, 0) is 14.8 Å². The van der Waals surface area contributed by atoms with Crippen LogP contribution in [-0.4, -0.2) is 42.5 Å². The summed E-state index contributed by atoms with van der Waals surface area (Å²) in [6.07, 6.45) is 0.155. The molecule has 2 rings (SSSR count). The number of hydroxylamine groups is 1. The van der Waals surface area contributed by atoms with Crippen LogP contribution < -0.4 is 21.5 Å². The Kier molecular flexibility index (Phi) is 8.32. The smallest absolute Gasteiger partial charge is 0.289 e. The lowest BCUT2D eigenvalue weighted by Gasteiger charge is -2.19. The molecule has 0 bridgehead atoms. The first-order valence-corrected chi connectivity index (χ1v) is 10.8. The number of carbonyl (C=O) groups excluding carboxylic acids is 1. The van der Waals surface area contributed by atoms with E-state index < -0.39 is 48.7 Å². The van der Waals surface area contributed by atoms with Crippen LogP contribution in [0, 0.1) is 17.0 Å². The number of ether oxygens (including phenoxy) is 1. The number of rotatable bonds is 9. The van der Waals surface area contributed by atoms with E-state index in [1.807, 2.05) is 0 Å². The summed E-state index contributed by atoms with van der Waals surface area (Å²) < 4.78 is 58.1. The lowest BCUT2D eigenvalue weighted by molar-refractivity contribution is -0.147. The number of benzene rings is 2. The van der Waals surface area contributed by atoms with Gasteiger partial charge in [0.1, 0.15) is 5.75 Å². The highest BCUT2D eigenvalue weighted by molar-refractivity contribution is 7.89. The minimum absolute atomic E-state index is 0.0343. The lowest BCUT2D eigenvalue weighted by Crippen LogP contribution is -2.45. The molecule has 0 radical (unpaired) electrons. The molecule has 2 aromatic rings. The standard InChI is InChI=1S/C18H20ClF2N5O5S/c19-10-3-5-11(6-4-10)31-16-13(20)8-12(9-14(16)21)32(29,30)26(28)17(27)15(22)2-1-7-25-18(23)24/h3-6,8-9,15,28H,1-2,7,22H2,(H4,23,24,25)/t15-/m1/s1. The summed E-state index contributed by atoms with van der Waals surface area (Å²) in [5, 5.41) is 19.7. The fraction of sp³-hybridized carbons (Fsp3) is 0.222. The van der Waals surface area contributed by atoms with Gasteiger partial charge in [0, 0.05) is 11.6 Å². The first kappa shape index (κ1) is 25.3. The highest BCUT2D eigenvalue weighted by Gasteiger charge is 2.33. The Hall–Kier alpha value is -3.00. The zero-order valence-corrected chi connectivity index (χ0v) is 18.0. The van der Waals surface area contributed by atoms with Crippen molar-refractivity contribution in [2.24, 2.45) is 11.5 Å². The van der Waals surface area contributed by atoms with Gasteiger partial charge < -0.3 is 21.5 Å². The third-order valence-corrected chi connectivity index (χ3v) is 5.76. The van der Waals surface area contributed by atoms with Gasteiger partial charge in [0.2, 0.25) is 0 Å². The molecule has 2 aromatic carbocycles. The van der Waals surface area contributed by atoms with Gasteiger partial charge in [-0.2, -0.15) is 8.42 Å². The Morgan fingerprint density at radius 3 is 2.34 bits per heavy atom. The molecular formula is C18H20ClF2N5O5S. The van der Waals surface area contributed by atoms with E-state index in [4.69, 9.17) is 33.2 Å². The van der Waals surface area contributed by atoms with E-state index in [2.05, 4.69) is 5.32 Å². The number of nitrogens with two attached hydrogens (primary N) is 2. The van der Waals surface area contributed by atoms with Crippen LogP contribution in [0.4, 0.5) is 8.78 Å². The number of nitrogens with one attached hydrogen (secondary N) is 2. The molecule has 0 heterocycles. The van der Waals surface area contributed by atoms with Crippen LogP contribution >= 0.6 is 11.6 Å². The lowest BCUT2D eigenvalue weighted by atomic mass is 10.1. The molecule has 14 heteroatoms. The van der Waals surface area contributed by atoms with Crippen molar-refractivity contribution in [3.8, 4) is 11.5 Å². The first-order valence-electron chi connectivity index (χ1n) is 8.97. The number of amides is 1. The predicted molar refractivity (Wildman–Crippen MR) is 111 cm³/mol. The van der Waals surface area contributed by atoms with Crippen molar-refractivity contribution in [2.45, 2.75) is 23.8 Å². The van der Waals surface area contributed by atoms with E-state index >= 15 is 0 Å². The van der Waals surface area contributed by atoms with Gasteiger partial charge in [-0.15, -0.1) is 4.47 Å². The van der Waals surface area contributed by atoms with Crippen molar-refractivity contribution >= 4 is 33.5 Å². The normalized spacial score (nSPS) is 12.2. The van der Waals surface area contributed by atoms with Crippen LogP contribution in [0.5, 0.6) is 11.5 Å². The van der Waals surface area contributed by atoms with E-state index in [0.29, 0.717) is 17.2 Å². The number of carbonyl (C=O) groups is 1. The Morgan fingerprint density at radius 2 is 1.81 bits per heavy atom. The van der Waals surface area contributed by atoms with Gasteiger partial charge in [0.05, 0.1) is 10.9 Å². The quantitative estimate of drug-likeness (QED) is 0.116. The van der Waals surface area contributed by atoms with E-state index in [1.54, 1.807) is 0 Å². The molecule has 10 nitrogen and oxygen atoms in total. The minimum Gasteiger partial charge on any atom is -0.451 e. The summed E-state index contributed by atoms with van der Waals surface area (Å²) in [5.41, 5.74) is 10.7. The maximum atomic E-state index is 14.4. The maximum absolute atomic E-state index is 14.4. The highest BCUT2D eigenvalue weighted by Crippen LogP contribution is 2.31. The molecule has 0 fully saturated rings. The van der Waals surface area contributed by atoms with E-state index in [1.165, 1.54) is 24.3 Å². The second-order valence-corrected chi connectivity index (χ2v) is 8.65. The molecule has 32 heavy (non-hydrogen) atoms. The zero-order valence-electron chi connectivity index (χ0n) is 16.4. The van der Waals surface area contributed by atoms with Crippen LogP contribution in [0.1, 0.15) is 12.8 Å². The van der Waals surface area contributed by atoms with Crippen molar-refractivity contribution in [3.05, 3.63) is 53.1 Å². The average Bonchev–Trinajstić information content (AvgIpc) is 2.73. The van der Waals surface area contributed by atoms with Gasteiger partial charge >= 0.3 is 0 Å². The molecule has 0 aliphatic heterocycles. The number of nitrogens with zero attached hydrogens (tertiary/aromatic N) is 1. The molecule has 1 amide bonds. The zero-order chi connectivity index (χ0) is 24.1. The van der Waals surface area contributed by atoms with Crippen molar-refractivity contribution in [1.82, 2.24) is 9.79 Å². The van der Waals surface area contributed by atoms with E-state index in [9.17, 15) is 27.2 Å². The summed E-state index contributed by atoms with van der Waals surface area (Å²) in [4.78, 5) is 11.1. The number of halogens is 3. The molecule has 1 atom stereocenters. The molecule has 7 N–H and O–H groups in total. The second-order valence-electron chi connectivity index (χ2n) is 6.45. The Morgan fingerprint density at radius 1 is 1.25 bits per heavy atom. The van der Waals surface area contributed by atoms with Gasteiger partial charge in [-0.3, -0.25) is 15.4 Å². The molecule has 0 spiro atoms. The maximum Gasteiger partial charge on any atom is 0.289 e. The van der Waals surface area contributed by atoms with Crippen LogP contribution in [0.2, 0.25) is 5.02 Å². The average molecular weight is 492 g/mol. The van der Waals surface area contributed by atoms with Gasteiger partial charge in [0.15, 0.2) is 23.3 Å². The molecule has 174 valence electrons. The molecule has 0 aromatic heterocycles. The molecule has 0 aliphatic rings.